The molecule has 1 atom stereocenters. The van der Waals surface area contributed by atoms with Gasteiger partial charge in [-0.1, -0.05) is 6.07 Å². The maximum Gasteiger partial charge on any atom is 0.148 e. The quantitative estimate of drug-likeness (QED) is 0.460. The first-order valence-corrected chi connectivity index (χ1v) is 12.3. The Morgan fingerprint density at radius 1 is 1.20 bits per heavy atom. The highest BCUT2D eigenvalue weighted by Crippen LogP contribution is 2.54. The highest BCUT2D eigenvalue weighted by Gasteiger charge is 2.46. The number of piperidine rings is 1. The minimum atomic E-state index is -0.281. The summed E-state index contributed by atoms with van der Waals surface area (Å²) in [5.74, 6) is 0.610. The van der Waals surface area contributed by atoms with Gasteiger partial charge in [0.25, 0.3) is 0 Å². The second-order valence-corrected chi connectivity index (χ2v) is 9.97. The van der Waals surface area contributed by atoms with Gasteiger partial charge in [0.2, 0.25) is 0 Å². The minimum absolute atomic E-state index is 0.281. The normalized spacial score (nSPS) is 18.3. The van der Waals surface area contributed by atoms with E-state index in [1.54, 1.807) is 16.9 Å². The molecule has 4 aromatic rings. The molecule has 1 spiro atoms. The highest BCUT2D eigenvalue weighted by atomic mass is 16.5. The number of nitrogens with one attached hydrogen (secondary N) is 1. The van der Waals surface area contributed by atoms with Crippen LogP contribution in [0.25, 0.3) is 16.6 Å². The van der Waals surface area contributed by atoms with Crippen LogP contribution in [0.3, 0.4) is 0 Å². The van der Waals surface area contributed by atoms with Crippen molar-refractivity contribution in [3.05, 3.63) is 66.0 Å². The van der Waals surface area contributed by atoms with Crippen LogP contribution < -0.4 is 10.1 Å². The summed E-state index contributed by atoms with van der Waals surface area (Å²) in [5, 5.41) is 22.4. The Morgan fingerprint density at radius 3 is 2.77 bits per heavy atom. The minimum Gasteiger partial charge on any atom is -0.482 e. The Bertz CT molecular complexity index is 1400. The van der Waals surface area contributed by atoms with Gasteiger partial charge in [-0.2, -0.15) is 15.5 Å². The van der Waals surface area contributed by atoms with Gasteiger partial charge in [-0.3, -0.25) is 9.67 Å². The predicted molar refractivity (Wildman–Crippen MR) is 132 cm³/mol. The molecule has 1 aliphatic heterocycles. The van der Waals surface area contributed by atoms with Gasteiger partial charge in [-0.05, 0) is 76.2 Å². The Morgan fingerprint density at radius 2 is 2.03 bits per heavy atom. The summed E-state index contributed by atoms with van der Waals surface area (Å²) in [5.41, 5.74) is 5.64. The molecular formula is C27H29N7O. The van der Waals surface area contributed by atoms with E-state index in [9.17, 15) is 5.26 Å². The van der Waals surface area contributed by atoms with Crippen molar-refractivity contribution in [3.8, 4) is 22.9 Å². The molecule has 0 unspecified atom stereocenters. The molecule has 5 heterocycles. The lowest BCUT2D eigenvalue weighted by Gasteiger charge is -2.50. The van der Waals surface area contributed by atoms with Crippen molar-refractivity contribution in [1.82, 2.24) is 29.7 Å². The zero-order chi connectivity index (χ0) is 24.0. The van der Waals surface area contributed by atoms with Gasteiger partial charge in [0.05, 0.1) is 24.1 Å². The molecule has 178 valence electrons. The van der Waals surface area contributed by atoms with Gasteiger partial charge >= 0.3 is 0 Å². The van der Waals surface area contributed by atoms with Crippen LogP contribution in [0, 0.1) is 23.7 Å². The maximum atomic E-state index is 9.65. The summed E-state index contributed by atoms with van der Waals surface area (Å²) in [7, 11) is 0. The van der Waals surface area contributed by atoms with Gasteiger partial charge in [0, 0.05) is 29.2 Å². The number of fused-ring (bicyclic) bond motifs is 1. The second kappa shape index (κ2) is 8.51. The summed E-state index contributed by atoms with van der Waals surface area (Å²) >= 11 is 0. The Balaban J connectivity index is 1.34. The molecule has 0 aromatic carbocycles. The zero-order valence-corrected chi connectivity index (χ0v) is 20.1. The number of rotatable bonds is 5. The van der Waals surface area contributed by atoms with E-state index in [-0.39, 0.29) is 6.10 Å². The molecular weight excluding hydrogens is 438 g/mol. The lowest BCUT2D eigenvalue weighted by molar-refractivity contribution is 0.0221. The Hall–Kier alpha value is -3.70. The third kappa shape index (κ3) is 3.76. The van der Waals surface area contributed by atoms with Crippen molar-refractivity contribution in [3.63, 3.8) is 0 Å². The van der Waals surface area contributed by atoms with Gasteiger partial charge in [0.15, 0.2) is 0 Å². The molecule has 35 heavy (non-hydrogen) atoms. The maximum absolute atomic E-state index is 9.65. The van der Waals surface area contributed by atoms with Gasteiger partial charge in [-0.25, -0.2) is 4.52 Å². The van der Waals surface area contributed by atoms with Gasteiger partial charge < -0.3 is 10.1 Å². The van der Waals surface area contributed by atoms with Crippen LogP contribution in [0.15, 0.2) is 49.1 Å². The summed E-state index contributed by atoms with van der Waals surface area (Å²) in [6.45, 7) is 6.36. The lowest BCUT2D eigenvalue weighted by Crippen LogP contribution is -2.46. The fraction of sp³-hybridized carbons (Fsp3) is 0.407. The second-order valence-electron chi connectivity index (χ2n) is 9.97. The predicted octanol–water partition coefficient (Wildman–Crippen LogP) is 4.62. The fourth-order valence-electron chi connectivity index (χ4n) is 5.82. The Labute approximate surface area is 204 Å². The largest absolute Gasteiger partial charge is 0.482 e. The molecule has 8 nitrogen and oxygen atoms in total. The molecule has 2 aliphatic rings. The number of ether oxygens (including phenoxy) is 1. The van der Waals surface area contributed by atoms with Crippen molar-refractivity contribution < 1.29 is 4.74 Å². The van der Waals surface area contributed by atoms with Crippen molar-refractivity contribution in [1.29, 1.82) is 5.26 Å². The summed E-state index contributed by atoms with van der Waals surface area (Å²) in [4.78, 5) is 4.42. The third-order valence-electron chi connectivity index (χ3n) is 7.81. The highest BCUT2D eigenvalue weighted by molar-refractivity contribution is 5.76. The summed E-state index contributed by atoms with van der Waals surface area (Å²) in [6, 6.07) is 10.5. The number of hydrogen-bond acceptors (Lipinski definition) is 6. The van der Waals surface area contributed by atoms with E-state index in [0.29, 0.717) is 28.3 Å². The first-order valence-electron chi connectivity index (χ1n) is 12.3. The summed E-state index contributed by atoms with van der Waals surface area (Å²) in [6.07, 6.45) is 11.9. The first-order chi connectivity index (χ1) is 17.1. The number of nitriles is 1. The van der Waals surface area contributed by atoms with Crippen molar-refractivity contribution in [2.75, 3.05) is 13.1 Å². The Kier molecular flexibility index (Phi) is 5.30. The van der Waals surface area contributed by atoms with Gasteiger partial charge in [-0.15, -0.1) is 0 Å². The average molecular weight is 468 g/mol. The number of aromatic nitrogens is 5. The smallest absolute Gasteiger partial charge is 0.148 e. The molecule has 0 amide bonds. The van der Waals surface area contributed by atoms with Crippen molar-refractivity contribution >= 4 is 5.52 Å². The van der Waals surface area contributed by atoms with E-state index in [1.807, 2.05) is 43.6 Å². The van der Waals surface area contributed by atoms with Crippen LogP contribution in [-0.4, -0.2) is 37.5 Å². The van der Waals surface area contributed by atoms with Crippen LogP contribution in [0.2, 0.25) is 0 Å². The third-order valence-corrected chi connectivity index (χ3v) is 7.81. The lowest BCUT2D eigenvalue weighted by atomic mass is 9.60. The fourth-order valence-corrected chi connectivity index (χ4v) is 5.82. The van der Waals surface area contributed by atoms with E-state index in [1.165, 1.54) is 25.7 Å². The molecule has 0 bridgehead atoms. The topological polar surface area (TPSA) is 93.1 Å². The van der Waals surface area contributed by atoms with Crippen molar-refractivity contribution in [2.45, 2.75) is 51.7 Å². The van der Waals surface area contributed by atoms with Crippen LogP contribution >= 0.6 is 0 Å². The molecule has 1 saturated heterocycles. The molecule has 1 saturated carbocycles. The molecule has 2 fully saturated rings. The molecule has 8 heteroatoms. The molecule has 4 aromatic heterocycles. The van der Waals surface area contributed by atoms with Crippen LogP contribution in [-0.2, 0) is 0 Å². The monoisotopic (exact) mass is 467 g/mol. The molecule has 1 aliphatic carbocycles. The van der Waals surface area contributed by atoms with Crippen LogP contribution in [0.1, 0.15) is 61.7 Å². The van der Waals surface area contributed by atoms with E-state index < -0.39 is 0 Å². The van der Waals surface area contributed by atoms with E-state index in [2.05, 4.69) is 33.1 Å². The summed E-state index contributed by atoms with van der Waals surface area (Å²) < 4.78 is 10.3. The van der Waals surface area contributed by atoms with E-state index in [4.69, 9.17) is 9.84 Å². The standard InChI is InChI=1S/C27H29N7O/c1-18-23(16-32-34(18)22-12-27(13-22)6-9-29-10-7-27)20-11-25(26-21(14-28)15-31-33(26)17-20)35-19(2)24-5-3-4-8-30-24/h3-5,8,11,15-17,19,22,29H,6-7,9-10,12-13H2,1-2H3/t19-/m1/s1. The average Bonchev–Trinajstić information content (AvgIpc) is 3.46. The van der Waals surface area contributed by atoms with Gasteiger partial charge in [0.1, 0.15) is 29.0 Å². The first kappa shape index (κ1) is 21.8. The zero-order valence-electron chi connectivity index (χ0n) is 20.1. The number of pyridine rings is 2. The molecule has 1 N–H and O–H groups in total. The van der Waals surface area contributed by atoms with Crippen LogP contribution in [0.4, 0.5) is 0 Å². The molecule has 6 rings (SSSR count). The number of hydrogen-bond donors (Lipinski definition) is 1. The number of nitrogens with zero attached hydrogens (tertiary/aromatic N) is 6. The molecule has 0 radical (unpaired) electrons. The van der Waals surface area contributed by atoms with E-state index in [0.717, 1.165) is 35.6 Å². The van der Waals surface area contributed by atoms with E-state index >= 15 is 0 Å². The van der Waals surface area contributed by atoms with Crippen LogP contribution in [0.5, 0.6) is 5.75 Å². The van der Waals surface area contributed by atoms with Crippen molar-refractivity contribution in [2.24, 2.45) is 5.41 Å². The SMILES string of the molecule is Cc1c(-c2cc(O[C@H](C)c3ccccn3)c3c(C#N)cnn3c2)cnn1C1CC2(CCNCC2)C1.